The maximum Gasteiger partial charge on any atom is 0.265 e. The number of nitrogens with zero attached hydrogens (tertiary/aromatic N) is 1. The summed E-state index contributed by atoms with van der Waals surface area (Å²) in [5, 5.41) is 12.3. The highest BCUT2D eigenvalue weighted by atomic mass is 16.5. The number of amides is 1. The Hall–Kier alpha value is -1.75. The fraction of sp³-hybridized carbons (Fsp3) is 0.500. The molecular formula is C14H18N2O3. The Labute approximate surface area is 112 Å². The largest absolute Gasteiger partial charge is 0.477 e. The number of hydrogen-bond donors (Lipinski definition) is 2. The van der Waals surface area contributed by atoms with Crippen molar-refractivity contribution in [1.82, 2.24) is 4.90 Å². The van der Waals surface area contributed by atoms with Crippen molar-refractivity contribution >= 4 is 11.6 Å². The molecule has 1 aromatic carbocycles. The Bertz CT molecular complexity index is 474. The number of benzene rings is 1. The first-order valence-corrected chi connectivity index (χ1v) is 6.70. The van der Waals surface area contributed by atoms with Crippen LogP contribution < -0.4 is 10.1 Å². The van der Waals surface area contributed by atoms with Gasteiger partial charge >= 0.3 is 0 Å². The zero-order valence-electron chi connectivity index (χ0n) is 10.7. The molecule has 1 aromatic rings. The van der Waals surface area contributed by atoms with Crippen molar-refractivity contribution in [3.05, 3.63) is 24.3 Å². The number of aliphatic hydroxyl groups excluding tert-OH is 1. The third-order valence-electron chi connectivity index (χ3n) is 3.52. The van der Waals surface area contributed by atoms with Crippen LogP contribution in [0.4, 0.5) is 5.69 Å². The molecule has 3 rings (SSSR count). The smallest absolute Gasteiger partial charge is 0.265 e. The van der Waals surface area contributed by atoms with E-state index in [1.165, 1.54) is 0 Å². The van der Waals surface area contributed by atoms with Gasteiger partial charge in [0.2, 0.25) is 0 Å². The zero-order valence-corrected chi connectivity index (χ0v) is 10.7. The van der Waals surface area contributed by atoms with Crippen LogP contribution in [-0.4, -0.2) is 47.8 Å². The standard InChI is InChI=1S/C14H18N2O3/c17-8-7-16(10-5-6-10)14(18)13-9-15-11-3-1-2-4-12(11)19-13/h1-4,10,13,15,17H,5-9H2. The van der Waals surface area contributed by atoms with Gasteiger partial charge in [0, 0.05) is 12.6 Å². The molecular weight excluding hydrogens is 244 g/mol. The van der Waals surface area contributed by atoms with Gasteiger partial charge in [-0.25, -0.2) is 0 Å². The average Bonchev–Trinajstić information content (AvgIpc) is 3.28. The number of rotatable bonds is 4. The summed E-state index contributed by atoms with van der Waals surface area (Å²) in [5.74, 6) is 0.686. The van der Waals surface area contributed by atoms with Gasteiger partial charge in [-0.1, -0.05) is 12.1 Å². The van der Waals surface area contributed by atoms with E-state index in [1.807, 2.05) is 24.3 Å². The fourth-order valence-electron chi connectivity index (χ4n) is 2.40. The molecule has 1 heterocycles. The highest BCUT2D eigenvalue weighted by Gasteiger charge is 2.37. The van der Waals surface area contributed by atoms with Crippen molar-refractivity contribution in [3.8, 4) is 5.75 Å². The molecule has 0 radical (unpaired) electrons. The SMILES string of the molecule is O=C(C1CNc2ccccc2O1)N(CCO)C1CC1. The van der Waals surface area contributed by atoms with Crippen LogP contribution in [0, 0.1) is 0 Å². The van der Waals surface area contributed by atoms with E-state index in [4.69, 9.17) is 9.84 Å². The van der Waals surface area contributed by atoms with Crippen molar-refractivity contribution in [2.75, 3.05) is 25.0 Å². The number of para-hydroxylation sites is 2. The van der Waals surface area contributed by atoms with Gasteiger partial charge in [0.15, 0.2) is 6.10 Å². The molecule has 2 aliphatic rings. The minimum absolute atomic E-state index is 0.00102. The molecule has 19 heavy (non-hydrogen) atoms. The normalized spacial score (nSPS) is 21.0. The molecule has 1 fully saturated rings. The Morgan fingerprint density at radius 2 is 2.21 bits per heavy atom. The first kappa shape index (κ1) is 12.3. The van der Waals surface area contributed by atoms with E-state index in [-0.39, 0.29) is 12.5 Å². The van der Waals surface area contributed by atoms with Crippen molar-refractivity contribution in [2.24, 2.45) is 0 Å². The van der Waals surface area contributed by atoms with Crippen LogP contribution in [-0.2, 0) is 4.79 Å². The fourth-order valence-corrected chi connectivity index (χ4v) is 2.40. The van der Waals surface area contributed by atoms with E-state index in [0.717, 1.165) is 18.5 Å². The highest BCUT2D eigenvalue weighted by molar-refractivity contribution is 5.83. The number of carbonyl (C=O) groups is 1. The summed E-state index contributed by atoms with van der Waals surface area (Å²) < 4.78 is 5.76. The van der Waals surface area contributed by atoms with E-state index in [1.54, 1.807) is 4.90 Å². The lowest BCUT2D eigenvalue weighted by Crippen LogP contribution is -2.48. The molecule has 1 unspecified atom stereocenters. The molecule has 1 atom stereocenters. The van der Waals surface area contributed by atoms with Crippen molar-refractivity contribution in [3.63, 3.8) is 0 Å². The maximum atomic E-state index is 12.4. The van der Waals surface area contributed by atoms with Gasteiger partial charge < -0.3 is 20.1 Å². The number of hydrogen-bond acceptors (Lipinski definition) is 4. The second-order valence-electron chi connectivity index (χ2n) is 4.97. The van der Waals surface area contributed by atoms with Gasteiger partial charge in [0.1, 0.15) is 5.75 Å². The predicted octanol–water partition coefficient (Wildman–Crippen LogP) is 0.843. The lowest BCUT2D eigenvalue weighted by atomic mass is 10.2. The number of fused-ring (bicyclic) bond motifs is 1. The van der Waals surface area contributed by atoms with E-state index < -0.39 is 6.10 Å². The molecule has 0 bridgehead atoms. The van der Waals surface area contributed by atoms with Crippen molar-refractivity contribution in [1.29, 1.82) is 0 Å². The lowest BCUT2D eigenvalue weighted by Gasteiger charge is -2.31. The molecule has 5 heteroatoms. The molecule has 0 aromatic heterocycles. The number of nitrogens with one attached hydrogen (secondary N) is 1. The van der Waals surface area contributed by atoms with Crippen LogP contribution in [0.5, 0.6) is 5.75 Å². The first-order chi connectivity index (χ1) is 9.29. The first-order valence-electron chi connectivity index (χ1n) is 6.70. The molecule has 1 aliphatic carbocycles. The van der Waals surface area contributed by atoms with Crippen molar-refractivity contribution in [2.45, 2.75) is 25.0 Å². The van der Waals surface area contributed by atoms with E-state index in [9.17, 15) is 4.79 Å². The molecule has 1 aliphatic heterocycles. The third-order valence-corrected chi connectivity index (χ3v) is 3.52. The number of ether oxygens (including phenoxy) is 1. The van der Waals surface area contributed by atoms with E-state index in [0.29, 0.717) is 24.9 Å². The Morgan fingerprint density at radius 3 is 2.95 bits per heavy atom. The van der Waals surface area contributed by atoms with Crippen molar-refractivity contribution < 1.29 is 14.6 Å². The molecule has 1 amide bonds. The van der Waals surface area contributed by atoms with Crippen LogP contribution >= 0.6 is 0 Å². The highest BCUT2D eigenvalue weighted by Crippen LogP contribution is 2.31. The number of anilines is 1. The summed E-state index contributed by atoms with van der Waals surface area (Å²) in [6, 6.07) is 7.90. The van der Waals surface area contributed by atoms with Crippen LogP contribution in [0.1, 0.15) is 12.8 Å². The maximum absolute atomic E-state index is 12.4. The monoisotopic (exact) mass is 262 g/mol. The van der Waals surface area contributed by atoms with E-state index >= 15 is 0 Å². The Kier molecular flexibility index (Phi) is 3.29. The Morgan fingerprint density at radius 1 is 1.42 bits per heavy atom. The van der Waals surface area contributed by atoms with Gasteiger partial charge in [-0.15, -0.1) is 0 Å². The molecule has 102 valence electrons. The van der Waals surface area contributed by atoms with Crippen LogP contribution in [0.3, 0.4) is 0 Å². The Balaban J connectivity index is 1.71. The quantitative estimate of drug-likeness (QED) is 0.844. The number of carbonyl (C=O) groups excluding carboxylic acids is 1. The van der Waals surface area contributed by atoms with Gasteiger partial charge in [-0.05, 0) is 25.0 Å². The topological polar surface area (TPSA) is 61.8 Å². The van der Waals surface area contributed by atoms with Gasteiger partial charge in [0.25, 0.3) is 5.91 Å². The molecule has 2 N–H and O–H groups in total. The zero-order chi connectivity index (χ0) is 13.2. The summed E-state index contributed by atoms with van der Waals surface area (Å²) in [7, 11) is 0. The lowest BCUT2D eigenvalue weighted by molar-refractivity contribution is -0.139. The van der Waals surface area contributed by atoms with Gasteiger partial charge in [0.05, 0.1) is 18.8 Å². The van der Waals surface area contributed by atoms with Crippen LogP contribution in [0.15, 0.2) is 24.3 Å². The minimum atomic E-state index is -0.498. The predicted molar refractivity (Wildman–Crippen MR) is 71.2 cm³/mol. The third kappa shape index (κ3) is 2.51. The summed E-state index contributed by atoms with van der Waals surface area (Å²) in [5.41, 5.74) is 0.923. The minimum Gasteiger partial charge on any atom is -0.477 e. The average molecular weight is 262 g/mol. The molecule has 0 spiro atoms. The second kappa shape index (κ2) is 5.09. The molecule has 5 nitrogen and oxygen atoms in total. The molecule has 1 saturated carbocycles. The summed E-state index contributed by atoms with van der Waals surface area (Å²) >= 11 is 0. The van der Waals surface area contributed by atoms with Crippen LogP contribution in [0.25, 0.3) is 0 Å². The van der Waals surface area contributed by atoms with Gasteiger partial charge in [-0.3, -0.25) is 4.79 Å². The second-order valence-corrected chi connectivity index (χ2v) is 4.97. The number of aliphatic hydroxyl groups is 1. The van der Waals surface area contributed by atoms with Crippen LogP contribution in [0.2, 0.25) is 0 Å². The molecule has 0 saturated heterocycles. The van der Waals surface area contributed by atoms with Gasteiger partial charge in [-0.2, -0.15) is 0 Å². The summed E-state index contributed by atoms with van der Waals surface area (Å²) in [4.78, 5) is 14.2. The summed E-state index contributed by atoms with van der Waals surface area (Å²) in [6.07, 6.45) is 1.56. The van der Waals surface area contributed by atoms with E-state index in [2.05, 4.69) is 5.32 Å². The summed E-state index contributed by atoms with van der Waals surface area (Å²) in [6.45, 7) is 0.870.